The van der Waals surface area contributed by atoms with Crippen LogP contribution in [0.2, 0.25) is 5.02 Å². The molecule has 0 unspecified atom stereocenters. The summed E-state index contributed by atoms with van der Waals surface area (Å²) >= 11 is 5.76. The summed E-state index contributed by atoms with van der Waals surface area (Å²) in [6.07, 6.45) is 3.54. The quantitative estimate of drug-likeness (QED) is 0.694. The highest BCUT2D eigenvalue weighted by Crippen LogP contribution is 2.18. The lowest BCUT2D eigenvalue weighted by Crippen LogP contribution is -2.31. The Morgan fingerprint density at radius 2 is 1.94 bits per heavy atom. The van der Waals surface area contributed by atoms with Crippen molar-refractivity contribution in [1.82, 2.24) is 10.6 Å². The summed E-state index contributed by atoms with van der Waals surface area (Å²) in [5.41, 5.74) is 0.744. The van der Waals surface area contributed by atoms with Crippen LogP contribution in [0.3, 0.4) is 0 Å². The van der Waals surface area contributed by atoms with Crippen LogP contribution in [0.5, 0.6) is 0 Å². The first-order valence-corrected chi connectivity index (χ1v) is 6.65. The van der Waals surface area contributed by atoms with E-state index in [1.165, 1.54) is 12.8 Å². The first-order chi connectivity index (χ1) is 8.74. The summed E-state index contributed by atoms with van der Waals surface area (Å²) in [4.78, 5) is 11.5. The van der Waals surface area contributed by atoms with E-state index in [1.54, 1.807) is 24.3 Å². The van der Waals surface area contributed by atoms with Gasteiger partial charge in [-0.1, -0.05) is 11.6 Å². The molecule has 1 aromatic rings. The molecule has 98 valence electrons. The summed E-state index contributed by atoms with van der Waals surface area (Å²) in [6, 6.07) is 7.59. The summed E-state index contributed by atoms with van der Waals surface area (Å²) in [6.45, 7) is 1.64. The number of carbonyl (C=O) groups excluding carboxylic acids is 1. The monoisotopic (exact) mass is 267 g/mol. The highest BCUT2D eigenvalue weighted by molar-refractivity contribution is 6.30. The molecule has 2 rings (SSSR count). The molecule has 1 aliphatic carbocycles. The van der Waals surface area contributed by atoms with Gasteiger partial charge in [-0.2, -0.15) is 0 Å². The Labute approximate surface area is 112 Å². The first kappa shape index (κ1) is 13.2. The van der Waals surface area contributed by atoms with Gasteiger partial charge in [-0.15, -0.1) is 0 Å². The highest BCUT2D eigenvalue weighted by atomic mass is 35.5. The molecule has 1 fully saturated rings. The molecular weight excluding hydrogens is 250 g/mol. The molecule has 0 aliphatic heterocycles. The van der Waals surface area contributed by atoms with Gasteiger partial charge in [0.15, 0.2) is 0 Å². The molecule has 1 aromatic carbocycles. The second-order valence-corrected chi connectivity index (χ2v) is 4.91. The van der Waals surface area contributed by atoms with Crippen molar-refractivity contribution in [1.29, 1.82) is 0 Å². The van der Waals surface area contributed by atoms with Crippen molar-refractivity contribution in [3.63, 3.8) is 0 Å². The molecule has 5 heteroatoms. The molecule has 3 N–H and O–H groups in total. The number of carbonyl (C=O) groups is 1. The lowest BCUT2D eigenvalue weighted by molar-refractivity contribution is 0.252. The highest BCUT2D eigenvalue weighted by Gasteiger charge is 2.19. The molecule has 18 heavy (non-hydrogen) atoms. The number of hydrogen-bond donors (Lipinski definition) is 3. The second-order valence-electron chi connectivity index (χ2n) is 4.47. The SMILES string of the molecule is O=C(NCCCNC1CC1)Nc1ccc(Cl)cc1. The number of hydrogen-bond acceptors (Lipinski definition) is 2. The minimum Gasteiger partial charge on any atom is -0.338 e. The summed E-state index contributed by atoms with van der Waals surface area (Å²) in [5.74, 6) is 0. The number of rotatable bonds is 6. The summed E-state index contributed by atoms with van der Waals surface area (Å²) in [5, 5.41) is 9.63. The average Bonchev–Trinajstić information content (AvgIpc) is 3.16. The van der Waals surface area contributed by atoms with E-state index in [2.05, 4.69) is 16.0 Å². The fourth-order valence-electron chi connectivity index (χ4n) is 1.59. The fourth-order valence-corrected chi connectivity index (χ4v) is 1.72. The van der Waals surface area contributed by atoms with Gasteiger partial charge in [0.2, 0.25) is 0 Å². The zero-order valence-corrected chi connectivity index (χ0v) is 11.0. The third-order valence-electron chi connectivity index (χ3n) is 2.75. The molecule has 0 radical (unpaired) electrons. The Hall–Kier alpha value is -1.26. The minimum atomic E-state index is -0.177. The van der Waals surface area contributed by atoms with Crippen LogP contribution in [-0.2, 0) is 0 Å². The Kier molecular flexibility index (Phi) is 4.84. The summed E-state index contributed by atoms with van der Waals surface area (Å²) in [7, 11) is 0. The standard InChI is InChI=1S/C13H18ClN3O/c14-10-2-4-12(5-3-10)17-13(18)16-9-1-8-15-11-6-7-11/h2-5,11,15H,1,6-9H2,(H2,16,17,18). The second kappa shape index (κ2) is 6.61. The van der Waals surface area contributed by atoms with Crippen molar-refractivity contribution < 1.29 is 4.79 Å². The Bertz CT molecular complexity index is 390. The smallest absolute Gasteiger partial charge is 0.319 e. The number of halogens is 1. The topological polar surface area (TPSA) is 53.2 Å². The van der Waals surface area contributed by atoms with E-state index in [9.17, 15) is 4.79 Å². The van der Waals surface area contributed by atoms with E-state index in [1.807, 2.05) is 0 Å². The average molecular weight is 268 g/mol. The van der Waals surface area contributed by atoms with Crippen LogP contribution >= 0.6 is 11.6 Å². The maximum Gasteiger partial charge on any atom is 0.319 e. The van der Waals surface area contributed by atoms with Crippen LogP contribution in [0, 0.1) is 0 Å². The zero-order valence-electron chi connectivity index (χ0n) is 10.2. The van der Waals surface area contributed by atoms with E-state index >= 15 is 0 Å². The van der Waals surface area contributed by atoms with E-state index in [0.29, 0.717) is 11.6 Å². The maximum atomic E-state index is 11.5. The Balaban J connectivity index is 1.57. The van der Waals surface area contributed by atoms with Crippen molar-refractivity contribution in [3.8, 4) is 0 Å². The van der Waals surface area contributed by atoms with Crippen LogP contribution < -0.4 is 16.0 Å². The van der Waals surface area contributed by atoms with Crippen LogP contribution in [0.1, 0.15) is 19.3 Å². The molecule has 0 spiro atoms. The first-order valence-electron chi connectivity index (χ1n) is 6.28. The van der Waals surface area contributed by atoms with Crippen molar-refractivity contribution in [2.45, 2.75) is 25.3 Å². The van der Waals surface area contributed by atoms with Gasteiger partial charge in [-0.05, 0) is 50.1 Å². The van der Waals surface area contributed by atoms with Crippen LogP contribution in [0.15, 0.2) is 24.3 Å². The van der Waals surface area contributed by atoms with Crippen LogP contribution in [0.25, 0.3) is 0 Å². The predicted octanol–water partition coefficient (Wildman–Crippen LogP) is 2.60. The molecule has 0 atom stereocenters. The van der Waals surface area contributed by atoms with Gasteiger partial charge in [0.25, 0.3) is 0 Å². The van der Waals surface area contributed by atoms with Gasteiger partial charge in [0.05, 0.1) is 0 Å². The largest absolute Gasteiger partial charge is 0.338 e. The maximum absolute atomic E-state index is 11.5. The van der Waals surface area contributed by atoms with E-state index in [-0.39, 0.29) is 6.03 Å². The molecule has 4 nitrogen and oxygen atoms in total. The summed E-state index contributed by atoms with van der Waals surface area (Å²) < 4.78 is 0. The van der Waals surface area contributed by atoms with Crippen molar-refractivity contribution in [2.24, 2.45) is 0 Å². The molecule has 1 aliphatic rings. The number of benzene rings is 1. The predicted molar refractivity (Wildman–Crippen MR) is 74.1 cm³/mol. The van der Waals surface area contributed by atoms with Crippen molar-refractivity contribution >= 4 is 23.3 Å². The fraction of sp³-hybridized carbons (Fsp3) is 0.462. The van der Waals surface area contributed by atoms with E-state index in [4.69, 9.17) is 11.6 Å². The van der Waals surface area contributed by atoms with Crippen molar-refractivity contribution in [2.75, 3.05) is 18.4 Å². The molecule has 0 aromatic heterocycles. The zero-order chi connectivity index (χ0) is 12.8. The third kappa shape index (κ3) is 4.94. The van der Waals surface area contributed by atoms with Crippen molar-refractivity contribution in [3.05, 3.63) is 29.3 Å². The molecule has 0 heterocycles. The van der Waals surface area contributed by atoms with Gasteiger partial charge in [-0.3, -0.25) is 0 Å². The number of amides is 2. The molecule has 1 saturated carbocycles. The van der Waals surface area contributed by atoms with Gasteiger partial charge in [0, 0.05) is 23.3 Å². The van der Waals surface area contributed by atoms with Gasteiger partial charge in [0.1, 0.15) is 0 Å². The normalized spacial score (nSPS) is 14.3. The Morgan fingerprint density at radius 3 is 2.61 bits per heavy atom. The van der Waals surface area contributed by atoms with Crippen LogP contribution in [-0.4, -0.2) is 25.2 Å². The molecule has 2 amide bonds. The molecule has 0 saturated heterocycles. The Morgan fingerprint density at radius 1 is 1.22 bits per heavy atom. The molecular formula is C13H18ClN3O. The molecule has 0 bridgehead atoms. The third-order valence-corrected chi connectivity index (χ3v) is 3.00. The number of nitrogens with one attached hydrogen (secondary N) is 3. The number of anilines is 1. The van der Waals surface area contributed by atoms with E-state index in [0.717, 1.165) is 24.7 Å². The van der Waals surface area contributed by atoms with Gasteiger partial charge in [-0.25, -0.2) is 4.79 Å². The minimum absolute atomic E-state index is 0.177. The van der Waals surface area contributed by atoms with Crippen LogP contribution in [0.4, 0.5) is 10.5 Å². The lowest BCUT2D eigenvalue weighted by Gasteiger charge is -2.08. The number of urea groups is 1. The van der Waals surface area contributed by atoms with E-state index < -0.39 is 0 Å². The van der Waals surface area contributed by atoms with Gasteiger partial charge >= 0.3 is 6.03 Å². The van der Waals surface area contributed by atoms with Gasteiger partial charge < -0.3 is 16.0 Å². The lowest BCUT2D eigenvalue weighted by atomic mass is 10.3.